The zero-order valence-electron chi connectivity index (χ0n) is 13.3. The maximum atomic E-state index is 11.8. The van der Waals surface area contributed by atoms with Gasteiger partial charge in [0.05, 0.1) is 16.4 Å². The Kier molecular flexibility index (Phi) is 6.51. The van der Waals surface area contributed by atoms with Crippen molar-refractivity contribution in [3.05, 3.63) is 65.2 Å². The number of hydrogen-bond donors (Lipinski definition) is 2. The van der Waals surface area contributed by atoms with Gasteiger partial charge in [-0.05, 0) is 24.6 Å². The van der Waals surface area contributed by atoms with E-state index in [1.807, 2.05) is 30.3 Å². The van der Waals surface area contributed by atoms with E-state index in [0.29, 0.717) is 16.4 Å². The Labute approximate surface area is 145 Å². The van der Waals surface area contributed by atoms with Gasteiger partial charge in [0.2, 0.25) is 11.8 Å². The molecule has 2 aromatic rings. The van der Waals surface area contributed by atoms with Crippen LogP contribution in [0, 0.1) is 0 Å². The van der Waals surface area contributed by atoms with Crippen molar-refractivity contribution in [2.24, 2.45) is 5.10 Å². The molecule has 0 spiro atoms. The molecule has 2 N–H and O–H groups in total. The molecule has 6 heteroatoms. The van der Waals surface area contributed by atoms with Crippen LogP contribution >= 0.6 is 11.6 Å². The van der Waals surface area contributed by atoms with E-state index in [2.05, 4.69) is 15.8 Å². The number of halogens is 1. The molecule has 0 unspecified atom stereocenters. The number of amides is 2. The monoisotopic (exact) mass is 343 g/mol. The van der Waals surface area contributed by atoms with Gasteiger partial charge in [-0.3, -0.25) is 9.59 Å². The third-order valence-corrected chi connectivity index (χ3v) is 3.60. The van der Waals surface area contributed by atoms with Gasteiger partial charge in [-0.1, -0.05) is 54.1 Å². The Balaban J connectivity index is 1.79. The van der Waals surface area contributed by atoms with Crippen LogP contribution < -0.4 is 10.7 Å². The van der Waals surface area contributed by atoms with Gasteiger partial charge in [-0.25, -0.2) is 5.43 Å². The minimum atomic E-state index is -0.320. The third kappa shape index (κ3) is 5.52. The molecule has 124 valence electrons. The summed E-state index contributed by atoms with van der Waals surface area (Å²) < 4.78 is 0. The molecule has 0 aliphatic heterocycles. The predicted molar refractivity (Wildman–Crippen MR) is 96.1 cm³/mol. The van der Waals surface area contributed by atoms with Crippen molar-refractivity contribution in [2.45, 2.75) is 19.8 Å². The molecular formula is C18H18ClN3O2. The summed E-state index contributed by atoms with van der Waals surface area (Å²) >= 11 is 5.96. The maximum Gasteiger partial charge on any atom is 0.240 e. The number of para-hydroxylation sites is 1. The second-order valence-electron chi connectivity index (χ2n) is 5.13. The van der Waals surface area contributed by atoms with Crippen LogP contribution in [0.15, 0.2) is 59.7 Å². The SMILES string of the molecule is C/C(=N\NC(=O)CCC(=O)Nc1ccccc1Cl)c1ccccc1. The zero-order valence-corrected chi connectivity index (χ0v) is 14.0. The van der Waals surface area contributed by atoms with Crippen molar-refractivity contribution >= 4 is 34.8 Å². The molecule has 2 rings (SSSR count). The van der Waals surface area contributed by atoms with E-state index in [1.54, 1.807) is 31.2 Å². The highest BCUT2D eigenvalue weighted by molar-refractivity contribution is 6.33. The minimum absolute atomic E-state index is 0.0435. The average Bonchev–Trinajstić information content (AvgIpc) is 2.60. The lowest BCUT2D eigenvalue weighted by Crippen LogP contribution is -2.21. The highest BCUT2D eigenvalue weighted by atomic mass is 35.5. The lowest BCUT2D eigenvalue weighted by atomic mass is 10.1. The number of carbonyl (C=O) groups is 2. The van der Waals surface area contributed by atoms with Crippen LogP contribution in [0.2, 0.25) is 5.02 Å². The molecule has 0 radical (unpaired) electrons. The van der Waals surface area contributed by atoms with Crippen LogP contribution in [0.1, 0.15) is 25.3 Å². The van der Waals surface area contributed by atoms with Crippen molar-refractivity contribution in [3.8, 4) is 0 Å². The quantitative estimate of drug-likeness (QED) is 0.621. The van der Waals surface area contributed by atoms with Gasteiger partial charge in [0.1, 0.15) is 0 Å². The zero-order chi connectivity index (χ0) is 17.4. The summed E-state index contributed by atoms with van der Waals surface area (Å²) in [5.74, 6) is -0.596. The van der Waals surface area contributed by atoms with Crippen molar-refractivity contribution in [1.82, 2.24) is 5.43 Å². The molecule has 24 heavy (non-hydrogen) atoms. The number of nitrogens with zero attached hydrogens (tertiary/aromatic N) is 1. The topological polar surface area (TPSA) is 70.6 Å². The number of nitrogens with one attached hydrogen (secondary N) is 2. The van der Waals surface area contributed by atoms with Crippen LogP contribution in [-0.2, 0) is 9.59 Å². The van der Waals surface area contributed by atoms with Gasteiger partial charge >= 0.3 is 0 Å². The lowest BCUT2D eigenvalue weighted by Gasteiger charge is -2.06. The molecule has 0 bridgehead atoms. The van der Waals surface area contributed by atoms with Crippen molar-refractivity contribution in [2.75, 3.05) is 5.32 Å². The molecule has 0 heterocycles. The van der Waals surface area contributed by atoms with Gasteiger partial charge < -0.3 is 5.32 Å². The lowest BCUT2D eigenvalue weighted by molar-refractivity contribution is -0.124. The van der Waals surface area contributed by atoms with Crippen LogP contribution in [0.4, 0.5) is 5.69 Å². The largest absolute Gasteiger partial charge is 0.325 e. The summed E-state index contributed by atoms with van der Waals surface area (Å²) in [6, 6.07) is 16.5. The maximum absolute atomic E-state index is 11.8. The molecule has 0 fully saturated rings. The van der Waals surface area contributed by atoms with E-state index >= 15 is 0 Å². The molecule has 0 saturated heterocycles. The Morgan fingerprint density at radius 1 is 0.958 bits per heavy atom. The molecule has 0 aromatic heterocycles. The first kappa shape index (κ1) is 17.7. The number of hydrazone groups is 1. The highest BCUT2D eigenvalue weighted by Gasteiger charge is 2.08. The molecule has 5 nitrogen and oxygen atoms in total. The molecule has 0 atom stereocenters. The molecule has 0 saturated carbocycles. The van der Waals surface area contributed by atoms with E-state index in [9.17, 15) is 9.59 Å². The van der Waals surface area contributed by atoms with Crippen LogP contribution in [0.5, 0.6) is 0 Å². The molecule has 0 aliphatic carbocycles. The Bertz CT molecular complexity index is 745. The first-order valence-corrected chi connectivity index (χ1v) is 7.87. The average molecular weight is 344 g/mol. The number of anilines is 1. The standard InChI is InChI=1S/C18H18ClN3O2/c1-13(14-7-3-2-4-8-14)21-22-18(24)12-11-17(23)20-16-10-6-5-9-15(16)19/h2-10H,11-12H2,1H3,(H,20,23)(H,22,24)/b21-13+. The van der Waals surface area contributed by atoms with Gasteiger partial charge in [-0.15, -0.1) is 0 Å². The smallest absolute Gasteiger partial charge is 0.240 e. The first-order chi connectivity index (χ1) is 11.6. The van der Waals surface area contributed by atoms with Crippen LogP contribution in [0.3, 0.4) is 0 Å². The number of rotatable bonds is 6. The molecule has 2 amide bonds. The van der Waals surface area contributed by atoms with Gasteiger partial charge in [0.25, 0.3) is 0 Å². The van der Waals surface area contributed by atoms with E-state index in [4.69, 9.17) is 11.6 Å². The Hall–Kier alpha value is -2.66. The summed E-state index contributed by atoms with van der Waals surface area (Å²) in [5, 5.41) is 7.16. The second kappa shape index (κ2) is 8.84. The summed E-state index contributed by atoms with van der Waals surface area (Å²) in [6.07, 6.45) is 0.0960. The second-order valence-corrected chi connectivity index (χ2v) is 5.53. The summed E-state index contributed by atoms with van der Waals surface area (Å²) in [5.41, 5.74) is 4.61. The van der Waals surface area contributed by atoms with E-state index < -0.39 is 0 Å². The first-order valence-electron chi connectivity index (χ1n) is 7.49. The van der Waals surface area contributed by atoms with Crippen molar-refractivity contribution in [3.63, 3.8) is 0 Å². The summed E-state index contributed by atoms with van der Waals surface area (Å²) in [4.78, 5) is 23.6. The number of benzene rings is 2. The summed E-state index contributed by atoms with van der Waals surface area (Å²) in [6.45, 7) is 1.81. The fourth-order valence-electron chi connectivity index (χ4n) is 1.95. The predicted octanol–water partition coefficient (Wildman–Crippen LogP) is 3.60. The Morgan fingerprint density at radius 3 is 2.29 bits per heavy atom. The number of carbonyl (C=O) groups excluding carboxylic acids is 2. The van der Waals surface area contributed by atoms with Gasteiger partial charge in [-0.2, -0.15) is 5.10 Å². The van der Waals surface area contributed by atoms with E-state index in [0.717, 1.165) is 5.56 Å². The fraction of sp³-hybridized carbons (Fsp3) is 0.167. The van der Waals surface area contributed by atoms with Gasteiger partial charge in [0, 0.05) is 12.8 Å². The normalized spacial score (nSPS) is 11.0. The molecule has 0 aliphatic rings. The fourth-order valence-corrected chi connectivity index (χ4v) is 2.13. The van der Waals surface area contributed by atoms with Crippen LogP contribution in [0.25, 0.3) is 0 Å². The van der Waals surface area contributed by atoms with E-state index in [-0.39, 0.29) is 24.7 Å². The van der Waals surface area contributed by atoms with E-state index in [1.165, 1.54) is 0 Å². The Morgan fingerprint density at radius 2 is 1.58 bits per heavy atom. The molecule has 2 aromatic carbocycles. The van der Waals surface area contributed by atoms with Crippen LogP contribution in [-0.4, -0.2) is 17.5 Å². The van der Waals surface area contributed by atoms with Crippen molar-refractivity contribution in [1.29, 1.82) is 0 Å². The van der Waals surface area contributed by atoms with Crippen molar-refractivity contribution < 1.29 is 9.59 Å². The highest BCUT2D eigenvalue weighted by Crippen LogP contribution is 2.20. The summed E-state index contributed by atoms with van der Waals surface area (Å²) in [7, 11) is 0. The number of hydrogen-bond acceptors (Lipinski definition) is 3. The minimum Gasteiger partial charge on any atom is -0.325 e. The molecular weight excluding hydrogens is 326 g/mol. The third-order valence-electron chi connectivity index (χ3n) is 3.27. The van der Waals surface area contributed by atoms with Gasteiger partial charge in [0.15, 0.2) is 0 Å².